The highest BCUT2D eigenvalue weighted by molar-refractivity contribution is 4.97. The molecule has 2 fully saturated rings. The Morgan fingerprint density at radius 2 is 2.08 bits per heavy atom. The van der Waals surface area contributed by atoms with Crippen LogP contribution in [-0.2, 0) is 0 Å². The second-order valence-electron chi connectivity index (χ2n) is 5.02. The quantitative estimate of drug-likeness (QED) is 0.567. The SMILES string of the molecule is CC1(C)CCC(O)C2CNCC21. The molecular weight excluding hydrogens is 150 g/mol. The minimum atomic E-state index is -0.0435. The molecule has 1 saturated heterocycles. The van der Waals surface area contributed by atoms with Gasteiger partial charge in [0.2, 0.25) is 0 Å². The van der Waals surface area contributed by atoms with Crippen molar-refractivity contribution >= 4 is 0 Å². The van der Waals surface area contributed by atoms with Crippen LogP contribution < -0.4 is 5.32 Å². The van der Waals surface area contributed by atoms with Crippen molar-refractivity contribution in [3.63, 3.8) is 0 Å². The Hall–Kier alpha value is -0.0800. The predicted molar refractivity (Wildman–Crippen MR) is 48.9 cm³/mol. The Kier molecular flexibility index (Phi) is 1.92. The lowest BCUT2D eigenvalue weighted by Crippen LogP contribution is -2.41. The van der Waals surface area contributed by atoms with Crippen molar-refractivity contribution in [2.75, 3.05) is 13.1 Å². The molecule has 0 aromatic rings. The minimum absolute atomic E-state index is 0.0435. The van der Waals surface area contributed by atoms with Gasteiger partial charge in [-0.05, 0) is 30.7 Å². The van der Waals surface area contributed by atoms with Gasteiger partial charge in [-0.25, -0.2) is 0 Å². The van der Waals surface area contributed by atoms with E-state index in [2.05, 4.69) is 19.2 Å². The van der Waals surface area contributed by atoms with Gasteiger partial charge in [0.25, 0.3) is 0 Å². The summed E-state index contributed by atoms with van der Waals surface area (Å²) in [6.07, 6.45) is 2.13. The first kappa shape index (κ1) is 8.52. The molecule has 2 N–H and O–H groups in total. The fourth-order valence-corrected chi connectivity index (χ4v) is 2.88. The molecule has 2 rings (SSSR count). The van der Waals surface area contributed by atoms with Gasteiger partial charge in [-0.1, -0.05) is 13.8 Å². The maximum atomic E-state index is 9.77. The first-order chi connectivity index (χ1) is 5.61. The maximum Gasteiger partial charge on any atom is 0.0584 e. The van der Waals surface area contributed by atoms with Crippen molar-refractivity contribution in [3.8, 4) is 0 Å². The Bertz CT molecular complexity index is 179. The van der Waals surface area contributed by atoms with Gasteiger partial charge in [0.05, 0.1) is 6.10 Å². The molecule has 70 valence electrons. The van der Waals surface area contributed by atoms with Crippen LogP contribution in [0, 0.1) is 17.3 Å². The zero-order valence-corrected chi connectivity index (χ0v) is 8.01. The average molecular weight is 169 g/mol. The van der Waals surface area contributed by atoms with E-state index in [1.54, 1.807) is 0 Å². The third-order valence-electron chi connectivity index (χ3n) is 3.84. The highest BCUT2D eigenvalue weighted by Gasteiger charge is 2.45. The summed E-state index contributed by atoms with van der Waals surface area (Å²) < 4.78 is 0. The molecule has 12 heavy (non-hydrogen) atoms. The van der Waals surface area contributed by atoms with E-state index in [9.17, 15) is 5.11 Å². The number of hydrogen-bond donors (Lipinski definition) is 2. The van der Waals surface area contributed by atoms with E-state index in [4.69, 9.17) is 0 Å². The lowest BCUT2D eigenvalue weighted by molar-refractivity contribution is -0.00718. The van der Waals surface area contributed by atoms with E-state index in [1.165, 1.54) is 6.42 Å². The topological polar surface area (TPSA) is 32.3 Å². The minimum Gasteiger partial charge on any atom is -0.393 e. The second-order valence-corrected chi connectivity index (χ2v) is 5.02. The third kappa shape index (κ3) is 1.17. The summed E-state index contributed by atoms with van der Waals surface area (Å²) in [4.78, 5) is 0. The van der Waals surface area contributed by atoms with E-state index >= 15 is 0 Å². The molecule has 0 radical (unpaired) electrons. The fraction of sp³-hybridized carbons (Fsp3) is 1.00. The molecule has 0 spiro atoms. The van der Waals surface area contributed by atoms with E-state index in [-0.39, 0.29) is 6.10 Å². The van der Waals surface area contributed by atoms with Gasteiger partial charge in [-0.3, -0.25) is 0 Å². The number of aliphatic hydroxyl groups is 1. The van der Waals surface area contributed by atoms with Crippen LogP contribution in [0.5, 0.6) is 0 Å². The molecule has 1 heterocycles. The Morgan fingerprint density at radius 3 is 2.75 bits per heavy atom. The van der Waals surface area contributed by atoms with Crippen molar-refractivity contribution in [1.29, 1.82) is 0 Å². The van der Waals surface area contributed by atoms with Crippen molar-refractivity contribution in [3.05, 3.63) is 0 Å². The zero-order valence-electron chi connectivity index (χ0n) is 8.01. The molecule has 3 unspecified atom stereocenters. The summed E-state index contributed by atoms with van der Waals surface area (Å²) in [7, 11) is 0. The molecule has 1 saturated carbocycles. The van der Waals surface area contributed by atoms with Gasteiger partial charge >= 0.3 is 0 Å². The molecular formula is C10H19NO. The van der Waals surface area contributed by atoms with Crippen LogP contribution in [0.1, 0.15) is 26.7 Å². The highest BCUT2D eigenvalue weighted by Crippen LogP contribution is 2.45. The summed E-state index contributed by atoms with van der Waals surface area (Å²) in [5.41, 5.74) is 0.438. The summed E-state index contributed by atoms with van der Waals surface area (Å²) in [6, 6.07) is 0. The van der Waals surface area contributed by atoms with Crippen LogP contribution in [0.2, 0.25) is 0 Å². The number of aliphatic hydroxyl groups excluding tert-OH is 1. The first-order valence-electron chi connectivity index (χ1n) is 5.00. The predicted octanol–water partition coefficient (Wildman–Crippen LogP) is 1.00. The van der Waals surface area contributed by atoms with E-state index in [0.29, 0.717) is 17.3 Å². The van der Waals surface area contributed by atoms with Gasteiger partial charge in [0.1, 0.15) is 0 Å². The zero-order chi connectivity index (χ0) is 8.77. The summed E-state index contributed by atoms with van der Waals surface area (Å²) >= 11 is 0. The second kappa shape index (κ2) is 2.71. The lowest BCUT2D eigenvalue weighted by Gasteiger charge is -2.42. The van der Waals surface area contributed by atoms with Gasteiger partial charge in [0.15, 0.2) is 0 Å². The molecule has 0 aromatic heterocycles. The molecule has 2 nitrogen and oxygen atoms in total. The largest absolute Gasteiger partial charge is 0.393 e. The van der Waals surface area contributed by atoms with Gasteiger partial charge < -0.3 is 10.4 Å². The van der Waals surface area contributed by atoms with Crippen LogP contribution in [0.4, 0.5) is 0 Å². The lowest BCUT2D eigenvalue weighted by atomic mass is 9.64. The van der Waals surface area contributed by atoms with Crippen molar-refractivity contribution in [1.82, 2.24) is 5.32 Å². The Morgan fingerprint density at radius 1 is 1.33 bits per heavy atom. The molecule has 2 heteroatoms. The Labute approximate surface area is 74.4 Å². The van der Waals surface area contributed by atoms with E-state index in [1.807, 2.05) is 0 Å². The monoisotopic (exact) mass is 169 g/mol. The standard InChI is InChI=1S/C10H19NO/c1-10(2)4-3-9(12)7-5-11-6-8(7)10/h7-9,11-12H,3-6H2,1-2H3. The summed E-state index contributed by atoms with van der Waals surface area (Å²) in [5.74, 6) is 1.22. The molecule has 0 amide bonds. The van der Waals surface area contributed by atoms with Gasteiger partial charge in [-0.15, -0.1) is 0 Å². The van der Waals surface area contributed by atoms with E-state index < -0.39 is 0 Å². The molecule has 1 aliphatic heterocycles. The van der Waals surface area contributed by atoms with Crippen LogP contribution in [-0.4, -0.2) is 24.3 Å². The highest BCUT2D eigenvalue weighted by atomic mass is 16.3. The van der Waals surface area contributed by atoms with Crippen molar-refractivity contribution in [2.24, 2.45) is 17.3 Å². The van der Waals surface area contributed by atoms with Gasteiger partial charge in [-0.2, -0.15) is 0 Å². The summed E-state index contributed by atoms with van der Waals surface area (Å²) in [5, 5.41) is 13.2. The van der Waals surface area contributed by atoms with Crippen LogP contribution in [0.15, 0.2) is 0 Å². The third-order valence-corrected chi connectivity index (χ3v) is 3.84. The number of rotatable bonds is 0. The summed E-state index contributed by atoms with van der Waals surface area (Å²) in [6.45, 7) is 6.80. The van der Waals surface area contributed by atoms with Crippen molar-refractivity contribution < 1.29 is 5.11 Å². The van der Waals surface area contributed by atoms with Crippen LogP contribution in [0.25, 0.3) is 0 Å². The molecule has 3 atom stereocenters. The van der Waals surface area contributed by atoms with Crippen LogP contribution in [0.3, 0.4) is 0 Å². The first-order valence-corrected chi connectivity index (χ1v) is 5.00. The normalized spacial score (nSPS) is 45.8. The fourth-order valence-electron chi connectivity index (χ4n) is 2.88. The van der Waals surface area contributed by atoms with Crippen molar-refractivity contribution in [2.45, 2.75) is 32.8 Å². The molecule has 1 aliphatic carbocycles. The number of hydrogen-bond acceptors (Lipinski definition) is 2. The Balaban J connectivity index is 2.17. The molecule has 2 aliphatic rings. The number of nitrogens with one attached hydrogen (secondary N) is 1. The van der Waals surface area contributed by atoms with Gasteiger partial charge in [0, 0.05) is 12.5 Å². The van der Waals surface area contributed by atoms with E-state index in [0.717, 1.165) is 19.5 Å². The average Bonchev–Trinajstić information content (AvgIpc) is 2.46. The smallest absolute Gasteiger partial charge is 0.0584 e. The maximum absolute atomic E-state index is 9.77. The number of fused-ring (bicyclic) bond motifs is 1. The van der Waals surface area contributed by atoms with Crippen LogP contribution >= 0.6 is 0 Å². The molecule has 0 aromatic carbocycles. The molecule has 0 bridgehead atoms.